The van der Waals surface area contributed by atoms with E-state index in [0.717, 1.165) is 35.1 Å². The van der Waals surface area contributed by atoms with Crippen LogP contribution in [0.2, 0.25) is 0 Å². The van der Waals surface area contributed by atoms with E-state index in [9.17, 15) is 4.79 Å². The molecule has 1 unspecified atom stereocenters. The Morgan fingerprint density at radius 2 is 2.41 bits per heavy atom. The highest BCUT2D eigenvalue weighted by Crippen LogP contribution is 2.18. The SMILES string of the molecule is O=C(CCC1CCCO1)Nc1cccc(I)c1. The van der Waals surface area contributed by atoms with Crippen LogP contribution in [0.4, 0.5) is 5.69 Å². The van der Waals surface area contributed by atoms with Gasteiger partial charge in [0.2, 0.25) is 5.91 Å². The van der Waals surface area contributed by atoms with E-state index in [1.54, 1.807) is 0 Å². The van der Waals surface area contributed by atoms with Crippen LogP contribution in [0.15, 0.2) is 24.3 Å². The fourth-order valence-electron chi connectivity index (χ4n) is 1.95. The van der Waals surface area contributed by atoms with E-state index in [1.165, 1.54) is 0 Å². The van der Waals surface area contributed by atoms with E-state index in [0.29, 0.717) is 6.42 Å². The van der Waals surface area contributed by atoms with Crippen LogP contribution in [0.1, 0.15) is 25.7 Å². The van der Waals surface area contributed by atoms with Gasteiger partial charge in [0.15, 0.2) is 0 Å². The third-order valence-corrected chi connectivity index (χ3v) is 3.50. The number of hydrogen-bond donors (Lipinski definition) is 1. The van der Waals surface area contributed by atoms with Gasteiger partial charge in [0, 0.05) is 22.3 Å². The van der Waals surface area contributed by atoms with Crippen molar-refractivity contribution in [3.63, 3.8) is 0 Å². The minimum atomic E-state index is 0.0718. The Kier molecular flexibility index (Phi) is 4.79. The van der Waals surface area contributed by atoms with Gasteiger partial charge in [-0.15, -0.1) is 0 Å². The number of halogens is 1. The molecule has 1 saturated heterocycles. The summed E-state index contributed by atoms with van der Waals surface area (Å²) in [5.74, 6) is 0.0718. The summed E-state index contributed by atoms with van der Waals surface area (Å²) in [7, 11) is 0. The second kappa shape index (κ2) is 6.35. The van der Waals surface area contributed by atoms with E-state index in [1.807, 2.05) is 24.3 Å². The molecule has 0 bridgehead atoms. The predicted molar refractivity (Wildman–Crippen MR) is 76.0 cm³/mol. The minimum absolute atomic E-state index is 0.0718. The maximum absolute atomic E-state index is 11.7. The van der Waals surface area contributed by atoms with E-state index in [4.69, 9.17) is 4.74 Å². The molecule has 0 spiro atoms. The molecule has 0 saturated carbocycles. The van der Waals surface area contributed by atoms with Crippen LogP contribution in [0.3, 0.4) is 0 Å². The second-order valence-corrected chi connectivity index (χ2v) is 5.48. The monoisotopic (exact) mass is 345 g/mol. The molecule has 1 aromatic rings. The third kappa shape index (κ3) is 4.27. The zero-order chi connectivity index (χ0) is 12.1. The van der Waals surface area contributed by atoms with Gasteiger partial charge in [0.25, 0.3) is 0 Å². The van der Waals surface area contributed by atoms with Gasteiger partial charge in [-0.05, 0) is 60.1 Å². The molecule has 1 fully saturated rings. The van der Waals surface area contributed by atoms with Crippen molar-refractivity contribution in [1.29, 1.82) is 0 Å². The van der Waals surface area contributed by atoms with Crippen LogP contribution in [-0.4, -0.2) is 18.6 Å². The predicted octanol–water partition coefficient (Wildman–Crippen LogP) is 3.19. The number of hydrogen-bond acceptors (Lipinski definition) is 2. The molecule has 3 nitrogen and oxygen atoms in total. The van der Waals surface area contributed by atoms with Crippen LogP contribution in [0.25, 0.3) is 0 Å². The van der Waals surface area contributed by atoms with Crippen molar-refractivity contribution in [3.8, 4) is 0 Å². The number of amides is 1. The van der Waals surface area contributed by atoms with Crippen LogP contribution in [-0.2, 0) is 9.53 Å². The molecule has 2 rings (SSSR count). The number of carbonyl (C=O) groups is 1. The first-order valence-electron chi connectivity index (χ1n) is 5.91. The van der Waals surface area contributed by atoms with Crippen LogP contribution in [0, 0.1) is 3.57 Å². The lowest BCUT2D eigenvalue weighted by Crippen LogP contribution is -2.15. The molecule has 1 N–H and O–H groups in total. The Morgan fingerprint density at radius 1 is 1.53 bits per heavy atom. The van der Waals surface area contributed by atoms with Crippen molar-refractivity contribution >= 4 is 34.2 Å². The van der Waals surface area contributed by atoms with E-state index < -0.39 is 0 Å². The highest BCUT2D eigenvalue weighted by atomic mass is 127. The Hall–Kier alpha value is -0.620. The fraction of sp³-hybridized carbons (Fsp3) is 0.462. The number of ether oxygens (including phenoxy) is 1. The van der Waals surface area contributed by atoms with Crippen LogP contribution in [0.5, 0.6) is 0 Å². The quantitative estimate of drug-likeness (QED) is 0.852. The highest BCUT2D eigenvalue weighted by Gasteiger charge is 2.16. The summed E-state index contributed by atoms with van der Waals surface area (Å²) in [6.45, 7) is 0.850. The summed E-state index contributed by atoms with van der Waals surface area (Å²) in [5.41, 5.74) is 0.870. The standard InChI is InChI=1S/C13H16INO2/c14-10-3-1-4-11(9-10)15-13(16)7-6-12-5-2-8-17-12/h1,3-4,9,12H,2,5-8H2,(H,15,16). The average molecular weight is 345 g/mol. The molecular formula is C13H16INO2. The van der Waals surface area contributed by atoms with Crippen molar-refractivity contribution in [2.45, 2.75) is 31.8 Å². The van der Waals surface area contributed by atoms with Gasteiger partial charge >= 0.3 is 0 Å². The molecule has 0 aromatic heterocycles. The van der Waals surface area contributed by atoms with Crippen molar-refractivity contribution in [2.24, 2.45) is 0 Å². The Balaban J connectivity index is 1.76. The van der Waals surface area contributed by atoms with E-state index in [-0.39, 0.29) is 12.0 Å². The molecular weight excluding hydrogens is 329 g/mol. The second-order valence-electron chi connectivity index (χ2n) is 4.23. The maximum atomic E-state index is 11.7. The van der Waals surface area contributed by atoms with Crippen LogP contribution < -0.4 is 5.32 Å². The van der Waals surface area contributed by atoms with Crippen molar-refractivity contribution < 1.29 is 9.53 Å². The summed E-state index contributed by atoms with van der Waals surface area (Å²) in [5, 5.41) is 2.91. The van der Waals surface area contributed by atoms with Gasteiger partial charge in [-0.3, -0.25) is 4.79 Å². The molecule has 1 heterocycles. The smallest absolute Gasteiger partial charge is 0.224 e. The zero-order valence-corrected chi connectivity index (χ0v) is 11.8. The molecule has 17 heavy (non-hydrogen) atoms. The maximum Gasteiger partial charge on any atom is 0.224 e. The molecule has 0 aliphatic carbocycles. The molecule has 1 aromatic carbocycles. The number of carbonyl (C=O) groups excluding carboxylic acids is 1. The topological polar surface area (TPSA) is 38.3 Å². The number of anilines is 1. The summed E-state index contributed by atoms with van der Waals surface area (Å²) in [6.07, 6.45) is 3.88. The van der Waals surface area contributed by atoms with Gasteiger partial charge < -0.3 is 10.1 Å². The van der Waals surface area contributed by atoms with Gasteiger partial charge in [-0.25, -0.2) is 0 Å². The summed E-state index contributed by atoms with van der Waals surface area (Å²) < 4.78 is 6.62. The Bertz CT molecular complexity index is 389. The largest absolute Gasteiger partial charge is 0.378 e. The van der Waals surface area contributed by atoms with E-state index in [2.05, 4.69) is 27.9 Å². The molecule has 1 aliphatic rings. The number of nitrogens with one attached hydrogen (secondary N) is 1. The Labute approximate surface area is 115 Å². The first-order valence-corrected chi connectivity index (χ1v) is 6.99. The minimum Gasteiger partial charge on any atom is -0.378 e. The number of rotatable bonds is 4. The van der Waals surface area contributed by atoms with Crippen molar-refractivity contribution in [1.82, 2.24) is 0 Å². The molecule has 0 radical (unpaired) electrons. The van der Waals surface area contributed by atoms with Crippen molar-refractivity contribution in [3.05, 3.63) is 27.8 Å². The van der Waals surface area contributed by atoms with Gasteiger partial charge in [0.05, 0.1) is 6.10 Å². The molecule has 1 aliphatic heterocycles. The molecule has 1 amide bonds. The van der Waals surface area contributed by atoms with Gasteiger partial charge in [0.1, 0.15) is 0 Å². The lowest BCUT2D eigenvalue weighted by Gasteiger charge is -2.09. The summed E-state index contributed by atoms with van der Waals surface area (Å²) in [6, 6.07) is 7.82. The lowest BCUT2D eigenvalue weighted by molar-refractivity contribution is -0.116. The number of benzene rings is 1. The third-order valence-electron chi connectivity index (χ3n) is 2.83. The first kappa shape index (κ1) is 12.8. The lowest BCUT2D eigenvalue weighted by atomic mass is 10.1. The zero-order valence-electron chi connectivity index (χ0n) is 9.62. The summed E-state index contributed by atoms with van der Waals surface area (Å²) in [4.78, 5) is 11.7. The van der Waals surface area contributed by atoms with Gasteiger partial charge in [-0.1, -0.05) is 6.07 Å². The van der Waals surface area contributed by atoms with E-state index >= 15 is 0 Å². The summed E-state index contributed by atoms with van der Waals surface area (Å²) >= 11 is 2.23. The van der Waals surface area contributed by atoms with Gasteiger partial charge in [-0.2, -0.15) is 0 Å². The molecule has 4 heteroatoms. The van der Waals surface area contributed by atoms with Crippen LogP contribution >= 0.6 is 22.6 Å². The average Bonchev–Trinajstić information content (AvgIpc) is 2.79. The van der Waals surface area contributed by atoms with Crippen molar-refractivity contribution in [2.75, 3.05) is 11.9 Å². The normalized spacial score (nSPS) is 19.2. The first-order chi connectivity index (χ1) is 8.24. The fourth-order valence-corrected chi connectivity index (χ4v) is 2.50. The Morgan fingerprint density at radius 3 is 3.12 bits per heavy atom. The molecule has 1 atom stereocenters. The molecule has 92 valence electrons. The highest BCUT2D eigenvalue weighted by molar-refractivity contribution is 14.1.